The quantitative estimate of drug-likeness (QED) is 0.542. The second-order valence-electron chi connectivity index (χ2n) is 7.18. The average molecular weight is 419 g/mol. The fourth-order valence-corrected chi connectivity index (χ4v) is 3.22. The molecule has 2 amide bonds. The molecule has 0 aliphatic heterocycles. The molecule has 0 saturated heterocycles. The Kier molecular flexibility index (Phi) is 5.63. The Bertz CT molecular complexity index is 1120. The van der Waals surface area contributed by atoms with Gasteiger partial charge in [-0.3, -0.25) is 14.4 Å². The van der Waals surface area contributed by atoms with Crippen molar-refractivity contribution in [3.05, 3.63) is 94.5 Å². The molecule has 3 aromatic rings. The third-order valence-electron chi connectivity index (χ3n) is 4.86. The van der Waals surface area contributed by atoms with Crippen LogP contribution < -0.4 is 10.6 Å². The molecule has 0 radical (unpaired) electrons. The first-order chi connectivity index (χ1) is 14.5. The number of benzene rings is 3. The van der Waals surface area contributed by atoms with Crippen LogP contribution in [0.3, 0.4) is 0 Å². The van der Waals surface area contributed by atoms with Crippen LogP contribution in [-0.4, -0.2) is 17.6 Å². The van der Waals surface area contributed by atoms with Crippen LogP contribution in [-0.2, 0) is 4.79 Å². The van der Waals surface area contributed by atoms with E-state index in [0.717, 1.165) is 12.8 Å². The number of hydrogen-bond acceptors (Lipinski definition) is 3. The van der Waals surface area contributed by atoms with Gasteiger partial charge in [-0.25, -0.2) is 0 Å². The van der Waals surface area contributed by atoms with Crippen molar-refractivity contribution >= 4 is 40.6 Å². The van der Waals surface area contributed by atoms with Gasteiger partial charge in [-0.15, -0.1) is 0 Å². The minimum Gasteiger partial charge on any atom is -0.326 e. The summed E-state index contributed by atoms with van der Waals surface area (Å²) >= 11 is 5.90. The summed E-state index contributed by atoms with van der Waals surface area (Å²) in [5.74, 6) is -0.576. The lowest BCUT2D eigenvalue weighted by Crippen LogP contribution is -2.17. The lowest BCUT2D eigenvalue weighted by atomic mass is 9.98. The van der Waals surface area contributed by atoms with Crippen LogP contribution in [0.2, 0.25) is 5.02 Å². The molecule has 0 aromatic heterocycles. The summed E-state index contributed by atoms with van der Waals surface area (Å²) < 4.78 is 0. The predicted molar refractivity (Wildman–Crippen MR) is 117 cm³/mol. The van der Waals surface area contributed by atoms with Gasteiger partial charge in [0, 0.05) is 33.4 Å². The van der Waals surface area contributed by atoms with E-state index in [1.807, 2.05) is 0 Å². The number of amides is 2. The lowest BCUT2D eigenvalue weighted by Gasteiger charge is -2.11. The molecule has 5 nitrogen and oxygen atoms in total. The fourth-order valence-electron chi connectivity index (χ4n) is 3.10. The summed E-state index contributed by atoms with van der Waals surface area (Å²) in [6.45, 7) is 0. The van der Waals surface area contributed by atoms with E-state index < -0.39 is 5.91 Å². The maximum Gasteiger partial charge on any atom is 0.256 e. The molecule has 3 aromatic carbocycles. The van der Waals surface area contributed by atoms with Gasteiger partial charge >= 0.3 is 0 Å². The molecule has 0 bridgehead atoms. The number of carbonyl (C=O) groups excluding carboxylic acids is 3. The fraction of sp³-hybridized carbons (Fsp3) is 0.125. The first-order valence-electron chi connectivity index (χ1n) is 9.63. The highest BCUT2D eigenvalue weighted by Crippen LogP contribution is 2.30. The Morgan fingerprint density at radius 3 is 2.07 bits per heavy atom. The Morgan fingerprint density at radius 2 is 1.40 bits per heavy atom. The van der Waals surface area contributed by atoms with Crippen LogP contribution in [0.5, 0.6) is 0 Å². The van der Waals surface area contributed by atoms with Crippen molar-refractivity contribution in [3.8, 4) is 0 Å². The molecule has 0 spiro atoms. The Labute approximate surface area is 179 Å². The molecule has 1 aliphatic carbocycles. The van der Waals surface area contributed by atoms with Gasteiger partial charge in [0.05, 0.1) is 5.56 Å². The van der Waals surface area contributed by atoms with Crippen LogP contribution in [0.15, 0.2) is 72.8 Å². The van der Waals surface area contributed by atoms with E-state index in [4.69, 9.17) is 11.6 Å². The summed E-state index contributed by atoms with van der Waals surface area (Å²) in [4.78, 5) is 37.8. The van der Waals surface area contributed by atoms with E-state index in [1.54, 1.807) is 72.8 Å². The summed E-state index contributed by atoms with van der Waals surface area (Å²) in [7, 11) is 0. The molecule has 0 heterocycles. The summed E-state index contributed by atoms with van der Waals surface area (Å²) in [5.41, 5.74) is 2.17. The molecule has 150 valence electrons. The molecular formula is C24H19ClN2O3. The largest absolute Gasteiger partial charge is 0.326 e. The SMILES string of the molecule is O=C(Nc1cccc(NC(=O)C2CC2)c1)c1ccccc1C(=O)c1ccc(Cl)cc1. The second kappa shape index (κ2) is 8.51. The van der Waals surface area contributed by atoms with Crippen molar-refractivity contribution in [2.75, 3.05) is 10.6 Å². The Balaban J connectivity index is 1.53. The third kappa shape index (κ3) is 4.58. The minimum atomic E-state index is -0.404. The van der Waals surface area contributed by atoms with Crippen LogP contribution in [0.4, 0.5) is 11.4 Å². The standard InChI is InChI=1S/C24H19ClN2O3/c25-17-12-10-15(11-13-17)22(28)20-6-1-2-7-21(20)24(30)27-19-5-3-4-18(14-19)26-23(29)16-8-9-16/h1-7,10-14,16H,8-9H2,(H,26,29)(H,27,30). The van der Waals surface area contributed by atoms with Gasteiger partial charge in [0.2, 0.25) is 5.91 Å². The lowest BCUT2D eigenvalue weighted by molar-refractivity contribution is -0.117. The zero-order valence-corrected chi connectivity index (χ0v) is 16.8. The van der Waals surface area contributed by atoms with Gasteiger partial charge in [-0.05, 0) is 61.4 Å². The van der Waals surface area contributed by atoms with Crippen molar-refractivity contribution < 1.29 is 14.4 Å². The van der Waals surface area contributed by atoms with Gasteiger partial charge in [0.15, 0.2) is 5.78 Å². The van der Waals surface area contributed by atoms with Crippen molar-refractivity contribution in [1.29, 1.82) is 0 Å². The molecule has 4 rings (SSSR count). The van der Waals surface area contributed by atoms with Crippen LogP contribution in [0.1, 0.15) is 39.1 Å². The molecule has 1 fully saturated rings. The van der Waals surface area contributed by atoms with Crippen molar-refractivity contribution in [2.24, 2.45) is 5.92 Å². The first kappa shape index (κ1) is 19.9. The monoisotopic (exact) mass is 418 g/mol. The number of rotatable bonds is 6. The van der Waals surface area contributed by atoms with E-state index in [9.17, 15) is 14.4 Å². The van der Waals surface area contributed by atoms with Crippen molar-refractivity contribution in [2.45, 2.75) is 12.8 Å². The average Bonchev–Trinajstić information content (AvgIpc) is 3.60. The summed E-state index contributed by atoms with van der Waals surface area (Å²) in [6.07, 6.45) is 1.83. The predicted octanol–water partition coefficient (Wildman–Crippen LogP) is 5.17. The minimum absolute atomic E-state index is 0.00242. The van der Waals surface area contributed by atoms with E-state index in [1.165, 1.54) is 0 Å². The zero-order valence-electron chi connectivity index (χ0n) is 16.0. The molecule has 0 atom stereocenters. The Hall–Kier alpha value is -3.44. The molecule has 1 aliphatic rings. The second-order valence-corrected chi connectivity index (χ2v) is 7.62. The normalized spacial score (nSPS) is 12.8. The van der Waals surface area contributed by atoms with E-state index in [-0.39, 0.29) is 23.2 Å². The maximum atomic E-state index is 12.9. The molecule has 2 N–H and O–H groups in total. The number of anilines is 2. The van der Waals surface area contributed by atoms with Crippen LogP contribution in [0, 0.1) is 5.92 Å². The molecule has 6 heteroatoms. The van der Waals surface area contributed by atoms with Crippen LogP contribution in [0.25, 0.3) is 0 Å². The highest BCUT2D eigenvalue weighted by atomic mass is 35.5. The van der Waals surface area contributed by atoms with Gasteiger partial charge in [-0.1, -0.05) is 35.9 Å². The van der Waals surface area contributed by atoms with E-state index >= 15 is 0 Å². The highest BCUT2D eigenvalue weighted by molar-refractivity contribution is 6.30. The first-order valence-corrected chi connectivity index (χ1v) is 10.0. The Morgan fingerprint density at radius 1 is 0.767 bits per heavy atom. The van der Waals surface area contributed by atoms with Gasteiger partial charge in [0.25, 0.3) is 5.91 Å². The number of halogens is 1. The van der Waals surface area contributed by atoms with Gasteiger partial charge in [-0.2, -0.15) is 0 Å². The summed E-state index contributed by atoms with van der Waals surface area (Å²) in [6, 6.07) is 20.1. The van der Waals surface area contributed by atoms with Crippen molar-refractivity contribution in [1.82, 2.24) is 0 Å². The summed E-state index contributed by atoms with van der Waals surface area (Å²) in [5, 5.41) is 6.20. The number of nitrogens with one attached hydrogen (secondary N) is 2. The van der Waals surface area contributed by atoms with E-state index in [0.29, 0.717) is 27.5 Å². The molecular weight excluding hydrogens is 400 g/mol. The zero-order chi connectivity index (χ0) is 21.1. The maximum absolute atomic E-state index is 12.9. The number of ketones is 1. The van der Waals surface area contributed by atoms with Gasteiger partial charge in [0.1, 0.15) is 0 Å². The highest BCUT2D eigenvalue weighted by Gasteiger charge is 2.29. The molecule has 30 heavy (non-hydrogen) atoms. The van der Waals surface area contributed by atoms with Gasteiger partial charge < -0.3 is 10.6 Å². The van der Waals surface area contributed by atoms with Crippen molar-refractivity contribution in [3.63, 3.8) is 0 Å². The number of carbonyl (C=O) groups is 3. The molecule has 1 saturated carbocycles. The van der Waals surface area contributed by atoms with Crippen LogP contribution >= 0.6 is 11.6 Å². The third-order valence-corrected chi connectivity index (χ3v) is 5.11. The molecule has 0 unspecified atom stereocenters. The van der Waals surface area contributed by atoms with E-state index in [2.05, 4.69) is 10.6 Å². The number of hydrogen-bond donors (Lipinski definition) is 2. The topological polar surface area (TPSA) is 75.3 Å². The smallest absolute Gasteiger partial charge is 0.256 e.